The third kappa shape index (κ3) is 8.58. The van der Waals surface area contributed by atoms with Gasteiger partial charge in [-0.1, -0.05) is 209 Å². The maximum Gasteiger partial charge on any atom is 0.0543 e. The molecular weight excluding hydrogens is 917 g/mol. The number of hydrogen-bond acceptors (Lipinski definition) is 2. The average Bonchev–Trinajstić information content (AvgIpc) is 3.64. The number of hydrogen-bond donors (Lipinski definition) is 0. The van der Waals surface area contributed by atoms with Crippen LogP contribution >= 0.6 is 0 Å². The van der Waals surface area contributed by atoms with Crippen LogP contribution in [-0.4, -0.2) is 0 Å². The topological polar surface area (TPSA) is 6.48 Å². The molecule has 0 fully saturated rings. The van der Waals surface area contributed by atoms with Crippen LogP contribution in [0.25, 0.3) is 76.8 Å². The maximum absolute atomic E-state index is 2.57. The smallest absolute Gasteiger partial charge is 0.0543 e. The summed E-state index contributed by atoms with van der Waals surface area (Å²) in [5.41, 5.74) is 24.1. The molecule has 0 aliphatic heterocycles. The number of rotatable bonds is 12. The molecule has 370 valence electrons. The quantitative estimate of drug-likeness (QED) is 0.113. The van der Waals surface area contributed by atoms with E-state index in [4.69, 9.17) is 0 Å². The minimum Gasteiger partial charge on any atom is -0.310 e. The Bertz CT molecular complexity index is 3780. The second kappa shape index (κ2) is 19.9. The Labute approximate surface area is 449 Å². The fourth-order valence-corrected chi connectivity index (χ4v) is 11.8. The zero-order valence-electron chi connectivity index (χ0n) is 45.0. The molecule has 0 saturated heterocycles. The van der Waals surface area contributed by atoms with E-state index in [0.717, 1.165) is 22.7 Å². The van der Waals surface area contributed by atoms with Crippen LogP contribution in [0, 0.1) is 27.7 Å². The second-order valence-electron chi connectivity index (χ2n) is 21.5. The first-order chi connectivity index (χ1) is 37.0. The number of anilines is 6. The van der Waals surface area contributed by atoms with E-state index < -0.39 is 0 Å². The van der Waals surface area contributed by atoms with Crippen molar-refractivity contribution in [2.45, 2.75) is 67.2 Å². The molecular formula is C74H64N2. The van der Waals surface area contributed by atoms with Crippen molar-refractivity contribution in [2.75, 3.05) is 9.80 Å². The van der Waals surface area contributed by atoms with Gasteiger partial charge in [-0.3, -0.25) is 0 Å². The van der Waals surface area contributed by atoms with E-state index in [-0.39, 0.29) is 11.8 Å². The summed E-state index contributed by atoms with van der Waals surface area (Å²) in [6.07, 6.45) is 0. The third-order valence-electron chi connectivity index (χ3n) is 15.9. The lowest BCUT2D eigenvalue weighted by Crippen LogP contribution is -2.15. The van der Waals surface area contributed by atoms with Gasteiger partial charge >= 0.3 is 0 Å². The molecule has 0 aliphatic rings. The van der Waals surface area contributed by atoms with Gasteiger partial charge in [0.2, 0.25) is 0 Å². The Morgan fingerprint density at radius 3 is 0.921 bits per heavy atom. The molecule has 0 saturated carbocycles. The molecule has 2 nitrogen and oxygen atoms in total. The Morgan fingerprint density at radius 2 is 0.592 bits per heavy atom. The molecule has 12 aromatic carbocycles. The van der Waals surface area contributed by atoms with Gasteiger partial charge in [0.05, 0.1) is 22.7 Å². The van der Waals surface area contributed by atoms with Crippen molar-refractivity contribution in [1.82, 2.24) is 0 Å². The van der Waals surface area contributed by atoms with Crippen molar-refractivity contribution in [3.05, 3.63) is 264 Å². The van der Waals surface area contributed by atoms with E-state index in [1.54, 1.807) is 0 Å². The molecule has 0 spiro atoms. The molecule has 0 radical (unpaired) electrons. The zero-order valence-corrected chi connectivity index (χ0v) is 45.0. The lowest BCUT2D eigenvalue weighted by Gasteiger charge is -2.33. The summed E-state index contributed by atoms with van der Waals surface area (Å²) in [5.74, 6) is 0.486. The van der Waals surface area contributed by atoms with Gasteiger partial charge in [0, 0.05) is 22.1 Å². The Balaban J connectivity index is 1.20. The molecule has 0 bridgehead atoms. The van der Waals surface area contributed by atoms with Crippen LogP contribution < -0.4 is 9.80 Å². The minimum atomic E-state index is 0.243. The van der Waals surface area contributed by atoms with E-state index in [0.29, 0.717) is 0 Å². The van der Waals surface area contributed by atoms with Crippen molar-refractivity contribution >= 4 is 66.4 Å². The first kappa shape index (κ1) is 48.2. The molecule has 0 aromatic heterocycles. The number of aryl methyl sites for hydroxylation is 2. The highest BCUT2D eigenvalue weighted by Gasteiger charge is 2.28. The molecule has 0 unspecified atom stereocenters. The summed E-state index contributed by atoms with van der Waals surface area (Å²) < 4.78 is 0. The lowest BCUT2D eigenvalue weighted by atomic mass is 9.83. The van der Waals surface area contributed by atoms with Crippen molar-refractivity contribution in [2.24, 2.45) is 0 Å². The van der Waals surface area contributed by atoms with E-state index in [9.17, 15) is 0 Å². The summed E-state index contributed by atoms with van der Waals surface area (Å²) in [5, 5.41) is 7.68. The molecule has 2 heteroatoms. The van der Waals surface area contributed by atoms with Crippen LogP contribution in [0.1, 0.15) is 72.9 Å². The fraction of sp³-hybridized carbons (Fsp3) is 0.135. The zero-order chi connectivity index (χ0) is 52.2. The van der Waals surface area contributed by atoms with Crippen molar-refractivity contribution in [3.8, 4) is 44.5 Å². The van der Waals surface area contributed by atoms with Gasteiger partial charge in [0.1, 0.15) is 0 Å². The highest BCUT2D eigenvalue weighted by molar-refractivity contribution is 6.29. The summed E-state index contributed by atoms with van der Waals surface area (Å²) in [4.78, 5) is 5.13. The van der Waals surface area contributed by atoms with Gasteiger partial charge in [0.25, 0.3) is 0 Å². The van der Waals surface area contributed by atoms with E-state index in [1.807, 2.05) is 0 Å². The van der Waals surface area contributed by atoms with Gasteiger partial charge in [-0.25, -0.2) is 0 Å². The molecule has 0 amide bonds. The SMILES string of the molecule is Cc1ccc(N(c2cc(-c3ccccc3)cc(-c3ccccc3)c2C)c2cc(C(C)C)c3ccc4c(N(c5ccc(C)cc5)c5cc(-c6ccccc6)cc(-c6ccccc6)c5C)cc(C(C)C)c5ccc2c3c54)cc1. The van der Waals surface area contributed by atoms with E-state index in [1.165, 1.54) is 122 Å². The molecule has 0 aliphatic carbocycles. The first-order valence-electron chi connectivity index (χ1n) is 27.0. The van der Waals surface area contributed by atoms with Gasteiger partial charge in [-0.2, -0.15) is 0 Å². The normalized spacial score (nSPS) is 11.7. The number of nitrogens with zero attached hydrogens (tertiary/aromatic N) is 2. The van der Waals surface area contributed by atoms with Gasteiger partial charge in [-0.15, -0.1) is 0 Å². The molecule has 0 N–H and O–H groups in total. The van der Waals surface area contributed by atoms with Gasteiger partial charge < -0.3 is 9.80 Å². The third-order valence-corrected chi connectivity index (χ3v) is 15.9. The van der Waals surface area contributed by atoms with Crippen LogP contribution in [0.4, 0.5) is 34.1 Å². The predicted molar refractivity (Wildman–Crippen MR) is 328 cm³/mol. The van der Waals surface area contributed by atoms with Crippen LogP contribution in [-0.2, 0) is 0 Å². The minimum absolute atomic E-state index is 0.243. The van der Waals surface area contributed by atoms with Crippen molar-refractivity contribution < 1.29 is 0 Å². The van der Waals surface area contributed by atoms with Gasteiger partial charge in [0.15, 0.2) is 0 Å². The fourth-order valence-electron chi connectivity index (χ4n) is 11.8. The van der Waals surface area contributed by atoms with Crippen LogP contribution in [0.15, 0.2) is 231 Å². The summed E-state index contributed by atoms with van der Waals surface area (Å²) in [6.45, 7) is 18.4. The highest BCUT2D eigenvalue weighted by atomic mass is 15.2. The molecule has 12 aromatic rings. The summed E-state index contributed by atoms with van der Waals surface area (Å²) in [6, 6.07) is 86.2. The van der Waals surface area contributed by atoms with E-state index in [2.05, 4.69) is 296 Å². The first-order valence-corrected chi connectivity index (χ1v) is 27.0. The molecule has 0 atom stereocenters. The van der Waals surface area contributed by atoms with Gasteiger partial charge in [-0.05, 0) is 189 Å². The summed E-state index contributed by atoms with van der Waals surface area (Å²) >= 11 is 0. The molecule has 12 rings (SSSR count). The van der Waals surface area contributed by atoms with Crippen LogP contribution in [0.2, 0.25) is 0 Å². The Hall–Kier alpha value is -8.72. The Kier molecular flexibility index (Phi) is 12.6. The standard InChI is InChI=1S/C74H64N2/c1-47(2)65-45-71(75(59-33-29-49(5)30-34-59)69-43-57(53-21-13-9-14-22-53)41-67(51(69)7)55-25-17-11-18-26-55)63-40-38-62-66(48(3)4)46-72(64-39-37-61(65)73(63)74(62)64)76(60-35-31-50(6)32-36-60)70-44-58(54-23-15-10-16-24-54)42-68(52(70)8)56-27-19-12-20-28-56/h9-48H,1-8H3. The van der Waals surface area contributed by atoms with Crippen molar-refractivity contribution in [1.29, 1.82) is 0 Å². The average molecular weight is 981 g/mol. The predicted octanol–water partition coefficient (Wildman–Crippen LogP) is 21.7. The monoisotopic (exact) mass is 981 g/mol. The van der Waals surface area contributed by atoms with Crippen molar-refractivity contribution in [3.63, 3.8) is 0 Å². The number of benzene rings is 12. The maximum atomic E-state index is 2.57. The highest BCUT2D eigenvalue weighted by Crippen LogP contribution is 2.53. The largest absolute Gasteiger partial charge is 0.310 e. The molecule has 76 heavy (non-hydrogen) atoms. The summed E-state index contributed by atoms with van der Waals surface area (Å²) in [7, 11) is 0. The van der Waals surface area contributed by atoms with E-state index >= 15 is 0 Å². The Morgan fingerprint density at radius 1 is 0.276 bits per heavy atom. The van der Waals surface area contributed by atoms with Crippen LogP contribution in [0.5, 0.6) is 0 Å². The molecule has 0 heterocycles. The van der Waals surface area contributed by atoms with Crippen LogP contribution in [0.3, 0.4) is 0 Å². The second-order valence-corrected chi connectivity index (χ2v) is 21.5. The lowest BCUT2D eigenvalue weighted by molar-refractivity contribution is 0.875.